The Morgan fingerprint density at radius 2 is 1.84 bits per heavy atom. The van der Waals surface area contributed by atoms with Crippen molar-refractivity contribution < 1.29 is 4.52 Å². The highest BCUT2D eigenvalue weighted by Gasteiger charge is 2.12. The van der Waals surface area contributed by atoms with Crippen LogP contribution in [0.4, 0.5) is 0 Å². The number of aliphatic imine (C=N–C) groups is 1. The Balaban J connectivity index is 0.00000363. The molecular formula is C24H39IN6O. The van der Waals surface area contributed by atoms with E-state index >= 15 is 0 Å². The Bertz CT molecular complexity index is 820. The number of benzene rings is 1. The van der Waals surface area contributed by atoms with Gasteiger partial charge in [0.05, 0.1) is 18.8 Å². The molecular weight excluding hydrogens is 515 g/mol. The Morgan fingerprint density at radius 3 is 2.53 bits per heavy atom. The van der Waals surface area contributed by atoms with Crippen molar-refractivity contribution in [1.29, 1.82) is 0 Å². The molecule has 2 heterocycles. The number of aromatic nitrogens is 1. The predicted molar refractivity (Wildman–Crippen MR) is 141 cm³/mol. The minimum atomic E-state index is 0. The van der Waals surface area contributed by atoms with Crippen molar-refractivity contribution in [3.63, 3.8) is 0 Å². The maximum atomic E-state index is 5.40. The first-order chi connectivity index (χ1) is 15.0. The molecule has 1 aromatic heterocycles. The van der Waals surface area contributed by atoms with Crippen molar-refractivity contribution in [2.45, 2.75) is 52.7 Å². The summed E-state index contributed by atoms with van der Waals surface area (Å²) < 4.78 is 5.40. The van der Waals surface area contributed by atoms with E-state index in [0.29, 0.717) is 19.0 Å². The van der Waals surface area contributed by atoms with E-state index in [-0.39, 0.29) is 24.0 Å². The number of halogens is 1. The van der Waals surface area contributed by atoms with Gasteiger partial charge in [-0.2, -0.15) is 0 Å². The van der Waals surface area contributed by atoms with Crippen LogP contribution < -0.4 is 10.6 Å². The molecule has 2 aromatic rings. The SMILES string of the molecule is CCNC(=NCc1ccc(CN2CCCN(C)CC2)cc1)NCc1cc(C(C)C)no1.I. The van der Waals surface area contributed by atoms with Gasteiger partial charge < -0.3 is 20.1 Å². The van der Waals surface area contributed by atoms with Gasteiger partial charge >= 0.3 is 0 Å². The van der Waals surface area contributed by atoms with Crippen molar-refractivity contribution in [2.24, 2.45) is 4.99 Å². The summed E-state index contributed by atoms with van der Waals surface area (Å²) in [5.41, 5.74) is 3.55. The average molecular weight is 555 g/mol. The average Bonchev–Trinajstić information content (AvgIpc) is 3.15. The first-order valence-electron chi connectivity index (χ1n) is 11.5. The van der Waals surface area contributed by atoms with Crippen LogP contribution in [0, 0.1) is 0 Å². The number of guanidine groups is 1. The molecule has 8 heteroatoms. The van der Waals surface area contributed by atoms with Crippen LogP contribution in [0.1, 0.15) is 55.7 Å². The normalized spacial score (nSPS) is 16.0. The summed E-state index contributed by atoms with van der Waals surface area (Å²) in [4.78, 5) is 9.70. The predicted octanol–water partition coefficient (Wildman–Crippen LogP) is 3.81. The van der Waals surface area contributed by atoms with E-state index in [0.717, 1.165) is 43.6 Å². The van der Waals surface area contributed by atoms with Gasteiger partial charge in [-0.3, -0.25) is 4.90 Å². The van der Waals surface area contributed by atoms with Crippen LogP contribution in [0.5, 0.6) is 0 Å². The molecule has 1 aliphatic rings. The second-order valence-corrected chi connectivity index (χ2v) is 8.67. The smallest absolute Gasteiger partial charge is 0.191 e. The number of likely N-dealkylation sites (N-methyl/N-ethyl adjacent to an activating group) is 1. The molecule has 0 aliphatic carbocycles. The van der Waals surface area contributed by atoms with Gasteiger partial charge in [-0.05, 0) is 50.5 Å². The zero-order valence-corrected chi connectivity index (χ0v) is 22.3. The second kappa shape index (κ2) is 13.8. The molecule has 3 rings (SSSR count). The fourth-order valence-corrected chi connectivity index (χ4v) is 3.63. The topological polar surface area (TPSA) is 68.9 Å². The van der Waals surface area contributed by atoms with Crippen molar-refractivity contribution in [3.05, 3.63) is 52.9 Å². The minimum Gasteiger partial charge on any atom is -0.359 e. The van der Waals surface area contributed by atoms with Crippen LogP contribution in [0.15, 0.2) is 39.8 Å². The summed E-state index contributed by atoms with van der Waals surface area (Å²) in [5, 5.41) is 10.7. The molecule has 0 saturated carbocycles. The van der Waals surface area contributed by atoms with Crippen LogP contribution >= 0.6 is 24.0 Å². The molecule has 0 atom stereocenters. The zero-order chi connectivity index (χ0) is 22.1. The number of rotatable bonds is 8. The molecule has 0 radical (unpaired) electrons. The maximum absolute atomic E-state index is 5.40. The van der Waals surface area contributed by atoms with E-state index in [2.05, 4.69) is 77.7 Å². The highest BCUT2D eigenvalue weighted by atomic mass is 127. The molecule has 7 nitrogen and oxygen atoms in total. The molecule has 0 spiro atoms. The molecule has 1 fully saturated rings. The lowest BCUT2D eigenvalue weighted by Gasteiger charge is -2.20. The Morgan fingerprint density at radius 1 is 1.09 bits per heavy atom. The largest absolute Gasteiger partial charge is 0.359 e. The lowest BCUT2D eigenvalue weighted by molar-refractivity contribution is 0.269. The van der Waals surface area contributed by atoms with Crippen LogP contribution in [-0.4, -0.2) is 60.7 Å². The van der Waals surface area contributed by atoms with Crippen LogP contribution in [0.25, 0.3) is 0 Å². The van der Waals surface area contributed by atoms with Crippen molar-refractivity contribution in [3.8, 4) is 0 Å². The molecule has 2 N–H and O–H groups in total. The Hall–Kier alpha value is -1.65. The number of hydrogen-bond donors (Lipinski definition) is 2. The summed E-state index contributed by atoms with van der Waals surface area (Å²) in [6.45, 7) is 14.0. The first kappa shape index (κ1) is 26.6. The molecule has 0 unspecified atom stereocenters. The third kappa shape index (κ3) is 8.71. The van der Waals surface area contributed by atoms with E-state index in [1.54, 1.807) is 0 Å². The standard InChI is InChI=1S/C24H38N6O.HI/c1-5-25-24(27-17-22-15-23(19(2)3)28-31-22)26-16-20-7-9-21(10-8-20)18-30-12-6-11-29(4)13-14-30;/h7-10,15,19H,5-6,11-14,16-18H2,1-4H3,(H2,25,26,27);1H. The molecule has 1 saturated heterocycles. The molecule has 0 amide bonds. The Kier molecular flexibility index (Phi) is 11.5. The maximum Gasteiger partial charge on any atom is 0.191 e. The van der Waals surface area contributed by atoms with Gasteiger partial charge in [-0.25, -0.2) is 4.99 Å². The minimum absolute atomic E-state index is 0. The number of hydrogen-bond acceptors (Lipinski definition) is 5. The zero-order valence-electron chi connectivity index (χ0n) is 19.9. The van der Waals surface area contributed by atoms with Crippen LogP contribution in [0.3, 0.4) is 0 Å². The quantitative estimate of drug-likeness (QED) is 0.294. The van der Waals surface area contributed by atoms with Crippen molar-refractivity contribution >= 4 is 29.9 Å². The van der Waals surface area contributed by atoms with Gasteiger partial charge in [0.1, 0.15) is 0 Å². The first-order valence-corrected chi connectivity index (χ1v) is 11.5. The van der Waals surface area contributed by atoms with E-state index in [1.807, 2.05) is 6.07 Å². The Labute approximate surface area is 210 Å². The lowest BCUT2D eigenvalue weighted by atomic mass is 10.1. The van der Waals surface area contributed by atoms with Crippen LogP contribution in [0.2, 0.25) is 0 Å². The van der Waals surface area contributed by atoms with Gasteiger partial charge in [0.25, 0.3) is 0 Å². The van der Waals surface area contributed by atoms with E-state index in [4.69, 9.17) is 9.52 Å². The fraction of sp³-hybridized carbons (Fsp3) is 0.583. The third-order valence-corrected chi connectivity index (χ3v) is 5.60. The molecule has 1 aliphatic heterocycles. The highest BCUT2D eigenvalue weighted by molar-refractivity contribution is 14.0. The summed E-state index contributed by atoms with van der Waals surface area (Å²) in [7, 11) is 2.21. The lowest BCUT2D eigenvalue weighted by Crippen LogP contribution is -2.36. The van der Waals surface area contributed by atoms with Crippen LogP contribution in [-0.2, 0) is 19.6 Å². The van der Waals surface area contributed by atoms with Gasteiger partial charge in [0.15, 0.2) is 11.7 Å². The molecule has 32 heavy (non-hydrogen) atoms. The monoisotopic (exact) mass is 554 g/mol. The van der Waals surface area contributed by atoms with Crippen molar-refractivity contribution in [2.75, 3.05) is 39.8 Å². The second-order valence-electron chi connectivity index (χ2n) is 8.67. The molecule has 1 aromatic carbocycles. The summed E-state index contributed by atoms with van der Waals surface area (Å²) >= 11 is 0. The van der Waals surface area contributed by atoms with Gasteiger partial charge in [-0.15, -0.1) is 24.0 Å². The summed E-state index contributed by atoms with van der Waals surface area (Å²) in [6, 6.07) is 10.9. The number of nitrogens with one attached hydrogen (secondary N) is 2. The molecule has 0 bridgehead atoms. The van der Waals surface area contributed by atoms with Gasteiger partial charge in [-0.1, -0.05) is 43.3 Å². The third-order valence-electron chi connectivity index (χ3n) is 5.60. The highest BCUT2D eigenvalue weighted by Crippen LogP contribution is 2.14. The summed E-state index contributed by atoms with van der Waals surface area (Å²) in [6.07, 6.45) is 1.25. The van der Waals surface area contributed by atoms with Gasteiger partial charge in [0.2, 0.25) is 0 Å². The van der Waals surface area contributed by atoms with E-state index in [9.17, 15) is 0 Å². The molecule has 178 valence electrons. The van der Waals surface area contributed by atoms with Crippen molar-refractivity contribution in [1.82, 2.24) is 25.6 Å². The van der Waals surface area contributed by atoms with E-state index < -0.39 is 0 Å². The fourth-order valence-electron chi connectivity index (χ4n) is 3.63. The van der Waals surface area contributed by atoms with Gasteiger partial charge in [0, 0.05) is 32.2 Å². The number of nitrogens with zero attached hydrogens (tertiary/aromatic N) is 4. The van der Waals surface area contributed by atoms with E-state index in [1.165, 1.54) is 30.6 Å². The summed E-state index contributed by atoms with van der Waals surface area (Å²) in [5.74, 6) is 1.96.